The number of hydrogen-bond donors (Lipinski definition) is 0. The number of allylic oxidation sites excluding steroid dienone is 6. The van der Waals surface area contributed by atoms with E-state index in [0.717, 1.165) is 44.9 Å². The van der Waals surface area contributed by atoms with Crippen LogP contribution in [0.5, 0.6) is 0 Å². The molecule has 0 aromatic rings. The molecule has 62 heavy (non-hydrogen) atoms. The number of esters is 2. The summed E-state index contributed by atoms with van der Waals surface area (Å²) in [5, 5.41) is 0. The van der Waals surface area contributed by atoms with Gasteiger partial charge in [0.2, 0.25) is 0 Å². The third kappa shape index (κ3) is 50.8. The van der Waals surface area contributed by atoms with E-state index in [1.165, 1.54) is 212 Å². The first-order chi connectivity index (χ1) is 30.6. The third-order valence-electron chi connectivity index (χ3n) is 12.1. The lowest BCUT2D eigenvalue weighted by Gasteiger charge is -2.18. The van der Waals surface area contributed by atoms with E-state index >= 15 is 0 Å². The van der Waals surface area contributed by atoms with E-state index in [0.29, 0.717) is 26.1 Å². The predicted molar refractivity (Wildman–Crippen MR) is 270 cm³/mol. The van der Waals surface area contributed by atoms with E-state index in [4.69, 9.17) is 14.2 Å². The van der Waals surface area contributed by atoms with Crippen molar-refractivity contribution in [1.82, 2.24) is 0 Å². The Hall–Kier alpha value is -1.88. The van der Waals surface area contributed by atoms with Crippen molar-refractivity contribution in [3.8, 4) is 0 Å². The van der Waals surface area contributed by atoms with E-state index in [-0.39, 0.29) is 18.5 Å². The summed E-state index contributed by atoms with van der Waals surface area (Å²) in [7, 11) is 0. The molecule has 5 heteroatoms. The molecule has 0 amide bonds. The van der Waals surface area contributed by atoms with Crippen molar-refractivity contribution in [2.45, 2.75) is 297 Å². The van der Waals surface area contributed by atoms with Gasteiger partial charge in [0.15, 0.2) is 6.10 Å². The molecule has 5 nitrogen and oxygen atoms in total. The first-order valence-corrected chi connectivity index (χ1v) is 27.5. The quantitative estimate of drug-likeness (QED) is 0.0346. The van der Waals surface area contributed by atoms with Crippen LogP contribution in [-0.4, -0.2) is 37.9 Å². The summed E-state index contributed by atoms with van der Waals surface area (Å²) in [4.78, 5) is 25.4. The molecule has 0 saturated carbocycles. The summed E-state index contributed by atoms with van der Waals surface area (Å²) >= 11 is 0. The van der Waals surface area contributed by atoms with Crippen LogP contribution in [0.3, 0.4) is 0 Å². The van der Waals surface area contributed by atoms with E-state index in [9.17, 15) is 9.59 Å². The first kappa shape index (κ1) is 60.1. The van der Waals surface area contributed by atoms with Crippen LogP contribution < -0.4 is 0 Å². The molecule has 0 aliphatic carbocycles. The molecule has 364 valence electrons. The Balaban J connectivity index is 4.11. The highest BCUT2D eigenvalue weighted by Gasteiger charge is 2.17. The number of unbranched alkanes of at least 4 members (excludes halogenated alkanes) is 34. The van der Waals surface area contributed by atoms with Crippen LogP contribution in [0.25, 0.3) is 0 Å². The van der Waals surface area contributed by atoms with Gasteiger partial charge in [0.25, 0.3) is 0 Å². The van der Waals surface area contributed by atoms with E-state index < -0.39 is 6.10 Å². The van der Waals surface area contributed by atoms with Crippen LogP contribution in [0.15, 0.2) is 36.5 Å². The zero-order valence-corrected chi connectivity index (χ0v) is 41.9. The van der Waals surface area contributed by atoms with Gasteiger partial charge in [-0.2, -0.15) is 0 Å². The molecule has 0 spiro atoms. The van der Waals surface area contributed by atoms with Gasteiger partial charge in [-0.25, -0.2) is 0 Å². The summed E-state index contributed by atoms with van der Waals surface area (Å²) < 4.78 is 17.4. The number of rotatable bonds is 51. The lowest BCUT2D eigenvalue weighted by molar-refractivity contribution is -0.163. The Morgan fingerprint density at radius 2 is 0.677 bits per heavy atom. The average Bonchev–Trinajstić information content (AvgIpc) is 3.27. The van der Waals surface area contributed by atoms with Gasteiger partial charge in [-0.3, -0.25) is 9.59 Å². The topological polar surface area (TPSA) is 61.8 Å². The van der Waals surface area contributed by atoms with Crippen LogP contribution >= 0.6 is 0 Å². The second-order valence-electron chi connectivity index (χ2n) is 18.5. The fourth-order valence-corrected chi connectivity index (χ4v) is 8.01. The summed E-state index contributed by atoms with van der Waals surface area (Å²) in [6.07, 6.45) is 64.5. The molecule has 0 radical (unpaired) electrons. The number of carbonyl (C=O) groups excluding carboxylic acids is 2. The van der Waals surface area contributed by atoms with Crippen molar-refractivity contribution in [1.29, 1.82) is 0 Å². The standard InChI is InChI=1S/C57H106O5/c1-4-7-10-13-16-19-21-23-25-27-29-31-33-35-37-39-41-44-47-50-56(58)61-54-55(53-60-52-49-46-43-18-15-12-9-6-3)62-57(59)51-48-45-42-40-38-36-34-32-30-28-26-24-22-20-17-14-11-8-5-2/h16,19,23-26,55H,4-15,17-18,20-22,27-54H2,1-3H3/b19-16-,25-23-,26-24-. The molecule has 0 aliphatic heterocycles. The summed E-state index contributed by atoms with van der Waals surface area (Å²) in [6, 6.07) is 0. The maximum Gasteiger partial charge on any atom is 0.306 e. The summed E-state index contributed by atoms with van der Waals surface area (Å²) in [5.74, 6) is -0.391. The van der Waals surface area contributed by atoms with Gasteiger partial charge >= 0.3 is 11.9 Å². The lowest BCUT2D eigenvalue weighted by Crippen LogP contribution is -2.30. The van der Waals surface area contributed by atoms with Crippen molar-refractivity contribution < 1.29 is 23.8 Å². The second kappa shape index (κ2) is 53.5. The fraction of sp³-hybridized carbons (Fsp3) is 0.860. The Morgan fingerprint density at radius 3 is 1.11 bits per heavy atom. The Morgan fingerprint density at radius 1 is 0.355 bits per heavy atom. The minimum Gasteiger partial charge on any atom is -0.462 e. The molecule has 0 aliphatic rings. The van der Waals surface area contributed by atoms with E-state index in [1.807, 2.05) is 0 Å². The molecule has 1 unspecified atom stereocenters. The maximum absolute atomic E-state index is 12.8. The Bertz CT molecular complexity index is 986. The highest BCUT2D eigenvalue weighted by atomic mass is 16.6. The molecule has 0 rings (SSSR count). The molecule has 0 aromatic carbocycles. The minimum atomic E-state index is -0.533. The van der Waals surface area contributed by atoms with Gasteiger partial charge in [0.05, 0.1) is 6.61 Å². The van der Waals surface area contributed by atoms with Gasteiger partial charge in [-0.15, -0.1) is 0 Å². The molecule has 0 saturated heterocycles. The smallest absolute Gasteiger partial charge is 0.306 e. The summed E-state index contributed by atoms with van der Waals surface area (Å²) in [6.45, 7) is 7.82. The molecular weight excluding hydrogens is 765 g/mol. The largest absolute Gasteiger partial charge is 0.462 e. The maximum atomic E-state index is 12.8. The molecule has 0 aromatic heterocycles. The molecule has 0 N–H and O–H groups in total. The lowest BCUT2D eigenvalue weighted by atomic mass is 10.1. The fourth-order valence-electron chi connectivity index (χ4n) is 8.01. The van der Waals surface area contributed by atoms with Gasteiger partial charge < -0.3 is 14.2 Å². The molecule has 0 bridgehead atoms. The molecule has 0 heterocycles. The van der Waals surface area contributed by atoms with Gasteiger partial charge in [0.1, 0.15) is 6.61 Å². The van der Waals surface area contributed by atoms with Crippen molar-refractivity contribution in [2.75, 3.05) is 19.8 Å². The van der Waals surface area contributed by atoms with Crippen LogP contribution in [-0.2, 0) is 23.8 Å². The van der Waals surface area contributed by atoms with Crippen molar-refractivity contribution >= 4 is 11.9 Å². The van der Waals surface area contributed by atoms with Crippen LogP contribution in [0.2, 0.25) is 0 Å². The van der Waals surface area contributed by atoms with Crippen molar-refractivity contribution in [3.05, 3.63) is 36.5 Å². The molecule has 1 atom stereocenters. The highest BCUT2D eigenvalue weighted by molar-refractivity contribution is 5.70. The number of hydrogen-bond acceptors (Lipinski definition) is 5. The first-order valence-electron chi connectivity index (χ1n) is 27.5. The van der Waals surface area contributed by atoms with Gasteiger partial charge in [-0.1, -0.05) is 237 Å². The van der Waals surface area contributed by atoms with E-state index in [2.05, 4.69) is 57.2 Å². The SMILES string of the molecule is CCCCC/C=C\C/C=C\CCCCCCCCCCCC(=O)OCC(COCCCCCCCCCC)OC(=O)CCCCCCCCCCC/C=C\CCCCCCCC. The monoisotopic (exact) mass is 871 g/mol. The number of ether oxygens (including phenoxy) is 3. The predicted octanol–water partition coefficient (Wildman–Crippen LogP) is 18.6. The Labute approximate surface area is 387 Å². The van der Waals surface area contributed by atoms with Gasteiger partial charge in [-0.05, 0) is 77.0 Å². The normalized spacial score (nSPS) is 12.4. The minimum absolute atomic E-state index is 0.0868. The summed E-state index contributed by atoms with van der Waals surface area (Å²) in [5.41, 5.74) is 0. The average molecular weight is 871 g/mol. The van der Waals surface area contributed by atoms with Crippen LogP contribution in [0.1, 0.15) is 290 Å². The zero-order chi connectivity index (χ0) is 44.9. The number of carbonyl (C=O) groups is 2. The highest BCUT2D eigenvalue weighted by Crippen LogP contribution is 2.15. The van der Waals surface area contributed by atoms with Crippen LogP contribution in [0.4, 0.5) is 0 Å². The van der Waals surface area contributed by atoms with E-state index in [1.54, 1.807) is 0 Å². The van der Waals surface area contributed by atoms with Crippen molar-refractivity contribution in [2.24, 2.45) is 0 Å². The second-order valence-corrected chi connectivity index (χ2v) is 18.5. The molecular formula is C57H106O5. The Kier molecular flexibility index (Phi) is 51.8. The molecule has 0 fully saturated rings. The van der Waals surface area contributed by atoms with Gasteiger partial charge in [0, 0.05) is 19.4 Å². The third-order valence-corrected chi connectivity index (χ3v) is 12.1. The van der Waals surface area contributed by atoms with Crippen LogP contribution in [0, 0.1) is 0 Å². The van der Waals surface area contributed by atoms with Crippen molar-refractivity contribution in [3.63, 3.8) is 0 Å². The zero-order valence-electron chi connectivity index (χ0n) is 41.9.